The highest BCUT2D eigenvalue weighted by molar-refractivity contribution is 6.30. The average Bonchev–Trinajstić information content (AvgIpc) is 2.75. The molecule has 5 N–H and O–H groups in total. The summed E-state index contributed by atoms with van der Waals surface area (Å²) in [5.41, 5.74) is 14.0. The molecule has 2 aromatic carbocycles. The summed E-state index contributed by atoms with van der Waals surface area (Å²) in [6.07, 6.45) is 2.40. The fraction of sp³-hybridized carbons (Fsp3) is 0.381. The number of halogens is 2. The van der Waals surface area contributed by atoms with Gasteiger partial charge in [-0.2, -0.15) is 0 Å². The molecule has 0 aromatic heterocycles. The predicted octanol–water partition coefficient (Wildman–Crippen LogP) is 2.78. The predicted molar refractivity (Wildman–Crippen MR) is 117 cm³/mol. The maximum Gasteiger partial charge on any atom is 0.163 e. The van der Waals surface area contributed by atoms with E-state index < -0.39 is 11.5 Å². The molecule has 0 saturated carbocycles. The highest BCUT2D eigenvalue weighted by Gasteiger charge is 2.34. The number of fused-ring (bicyclic) bond motifs is 1. The van der Waals surface area contributed by atoms with E-state index >= 15 is 0 Å². The van der Waals surface area contributed by atoms with E-state index in [9.17, 15) is 4.39 Å². The van der Waals surface area contributed by atoms with Gasteiger partial charge in [0, 0.05) is 36.8 Å². The van der Waals surface area contributed by atoms with Gasteiger partial charge < -0.3 is 20.5 Å². The zero-order valence-electron chi connectivity index (χ0n) is 16.5. The molecule has 1 unspecified atom stereocenters. The minimum absolute atomic E-state index is 0.0131. The van der Waals surface area contributed by atoms with Gasteiger partial charge in [-0.1, -0.05) is 17.7 Å². The molecule has 1 fully saturated rings. The molecule has 2 aliphatic rings. The smallest absolute Gasteiger partial charge is 0.163 e. The summed E-state index contributed by atoms with van der Waals surface area (Å²) in [6, 6.07) is 7.89. The van der Waals surface area contributed by atoms with Crippen molar-refractivity contribution < 1.29 is 13.9 Å². The number of anilines is 2. The van der Waals surface area contributed by atoms with Crippen molar-refractivity contribution in [3.8, 4) is 5.75 Å². The normalized spacial score (nSPS) is 21.2. The van der Waals surface area contributed by atoms with Crippen LogP contribution in [0.5, 0.6) is 5.75 Å². The SMILES string of the molecule is Nc1cc2c(cc1OCCCN1CCOCC1)NC=NC2(N)c1ccc(F)c(Cl)c1. The monoisotopic (exact) mass is 433 g/mol. The van der Waals surface area contributed by atoms with Crippen LogP contribution in [0.3, 0.4) is 0 Å². The van der Waals surface area contributed by atoms with E-state index in [1.54, 1.807) is 12.1 Å². The van der Waals surface area contributed by atoms with Gasteiger partial charge in [0.1, 0.15) is 11.6 Å². The van der Waals surface area contributed by atoms with Crippen molar-refractivity contribution in [3.05, 3.63) is 52.3 Å². The third-order valence-corrected chi connectivity index (χ3v) is 5.68. The van der Waals surface area contributed by atoms with Gasteiger partial charge in [-0.05, 0) is 24.6 Å². The van der Waals surface area contributed by atoms with Gasteiger partial charge in [-0.3, -0.25) is 10.6 Å². The van der Waals surface area contributed by atoms with Crippen LogP contribution in [0.25, 0.3) is 0 Å². The third-order valence-electron chi connectivity index (χ3n) is 5.39. The fourth-order valence-corrected chi connectivity index (χ4v) is 3.87. The Balaban J connectivity index is 1.49. The molecule has 0 aliphatic carbocycles. The second-order valence-corrected chi connectivity index (χ2v) is 7.80. The summed E-state index contributed by atoms with van der Waals surface area (Å²) < 4.78 is 24.9. The molecule has 0 amide bonds. The van der Waals surface area contributed by atoms with Gasteiger partial charge in [-0.25, -0.2) is 9.38 Å². The summed E-state index contributed by atoms with van der Waals surface area (Å²) in [6.45, 7) is 4.98. The number of nitrogens with zero attached hydrogens (tertiary/aromatic N) is 2. The molecular weight excluding hydrogens is 409 g/mol. The van der Waals surface area contributed by atoms with Crippen LogP contribution >= 0.6 is 11.6 Å². The van der Waals surface area contributed by atoms with E-state index in [2.05, 4.69) is 15.2 Å². The van der Waals surface area contributed by atoms with Crippen LogP contribution in [0.4, 0.5) is 15.8 Å². The van der Waals surface area contributed by atoms with Crippen molar-refractivity contribution >= 4 is 29.3 Å². The Labute approximate surface area is 179 Å². The molecule has 9 heteroatoms. The molecule has 0 radical (unpaired) electrons. The van der Waals surface area contributed by atoms with E-state index in [0.717, 1.165) is 45.0 Å². The fourth-order valence-electron chi connectivity index (χ4n) is 3.69. The first-order valence-corrected chi connectivity index (χ1v) is 10.3. The number of nitrogens with two attached hydrogens (primary N) is 2. The number of benzene rings is 2. The number of hydrogen-bond acceptors (Lipinski definition) is 7. The Morgan fingerprint density at radius 1 is 1.27 bits per heavy atom. The largest absolute Gasteiger partial charge is 0.491 e. The van der Waals surface area contributed by atoms with Crippen LogP contribution in [0.15, 0.2) is 35.3 Å². The molecular formula is C21H25ClFN5O2. The van der Waals surface area contributed by atoms with Gasteiger partial charge in [0.2, 0.25) is 0 Å². The van der Waals surface area contributed by atoms with Crippen LogP contribution in [0.1, 0.15) is 17.5 Å². The molecule has 2 aliphatic heterocycles. The first-order chi connectivity index (χ1) is 14.5. The van der Waals surface area contributed by atoms with Crippen molar-refractivity contribution in [3.63, 3.8) is 0 Å². The topological polar surface area (TPSA) is 98.1 Å². The number of aliphatic imine (C=N–C) groups is 1. The number of ether oxygens (including phenoxy) is 2. The second kappa shape index (κ2) is 8.77. The lowest BCUT2D eigenvalue weighted by atomic mass is 9.89. The number of nitrogen functional groups attached to an aromatic ring is 1. The Hall–Kier alpha value is -2.39. The van der Waals surface area contributed by atoms with Crippen LogP contribution in [0.2, 0.25) is 5.02 Å². The highest BCUT2D eigenvalue weighted by Crippen LogP contribution is 2.41. The molecule has 160 valence electrons. The summed E-state index contributed by atoms with van der Waals surface area (Å²) in [5.74, 6) is 0.0699. The average molecular weight is 434 g/mol. The molecule has 4 rings (SSSR count). The molecule has 7 nitrogen and oxygen atoms in total. The van der Waals surface area contributed by atoms with Crippen molar-refractivity contribution in [1.82, 2.24) is 4.90 Å². The standard InChI is InChI=1S/C21H25ClFN5O2/c22-16-10-14(2-3-17(16)23)21(25)15-11-18(24)20(12-19(15)26-13-27-21)30-7-1-4-28-5-8-29-9-6-28/h2-3,10-13H,1,4-9,24-25H2,(H,26,27). The first kappa shape index (κ1) is 20.9. The molecule has 1 atom stereocenters. The zero-order valence-corrected chi connectivity index (χ0v) is 17.3. The van der Waals surface area contributed by atoms with E-state index in [1.165, 1.54) is 18.5 Å². The van der Waals surface area contributed by atoms with Gasteiger partial charge in [0.15, 0.2) is 5.66 Å². The Bertz CT molecular complexity index is 951. The van der Waals surface area contributed by atoms with Crippen molar-refractivity contribution in [1.29, 1.82) is 0 Å². The maximum absolute atomic E-state index is 13.6. The second-order valence-electron chi connectivity index (χ2n) is 7.39. The summed E-state index contributed by atoms with van der Waals surface area (Å²) >= 11 is 5.95. The van der Waals surface area contributed by atoms with E-state index in [4.69, 9.17) is 32.5 Å². The van der Waals surface area contributed by atoms with Crippen LogP contribution < -0.4 is 21.5 Å². The molecule has 0 bridgehead atoms. The molecule has 30 heavy (non-hydrogen) atoms. The molecule has 0 spiro atoms. The van der Waals surface area contributed by atoms with Crippen LogP contribution in [-0.2, 0) is 10.4 Å². The summed E-state index contributed by atoms with van der Waals surface area (Å²) in [4.78, 5) is 6.75. The molecule has 1 saturated heterocycles. The third kappa shape index (κ3) is 4.22. The Morgan fingerprint density at radius 3 is 2.83 bits per heavy atom. The lowest BCUT2D eigenvalue weighted by Crippen LogP contribution is -2.39. The number of rotatable bonds is 6. The minimum Gasteiger partial charge on any atom is -0.491 e. The summed E-state index contributed by atoms with van der Waals surface area (Å²) in [7, 11) is 0. The maximum atomic E-state index is 13.6. The number of nitrogens with one attached hydrogen (secondary N) is 1. The Morgan fingerprint density at radius 2 is 2.07 bits per heavy atom. The Kier molecular flexibility index (Phi) is 6.10. The van der Waals surface area contributed by atoms with Gasteiger partial charge in [-0.15, -0.1) is 0 Å². The number of hydrogen-bond donors (Lipinski definition) is 3. The van der Waals surface area contributed by atoms with Crippen molar-refractivity contribution in [2.75, 3.05) is 50.5 Å². The van der Waals surface area contributed by atoms with E-state index in [1.807, 2.05) is 6.07 Å². The van der Waals surface area contributed by atoms with Gasteiger partial charge >= 0.3 is 0 Å². The quantitative estimate of drug-likeness (QED) is 0.478. The van der Waals surface area contributed by atoms with Crippen molar-refractivity contribution in [2.45, 2.75) is 12.1 Å². The minimum atomic E-state index is -1.24. The first-order valence-electron chi connectivity index (χ1n) is 9.89. The highest BCUT2D eigenvalue weighted by atomic mass is 35.5. The van der Waals surface area contributed by atoms with Gasteiger partial charge in [0.25, 0.3) is 0 Å². The number of morpholine rings is 1. The zero-order chi connectivity index (χ0) is 21.1. The summed E-state index contributed by atoms with van der Waals surface area (Å²) in [5, 5.41) is 3.07. The molecule has 2 heterocycles. The van der Waals surface area contributed by atoms with Crippen LogP contribution in [0, 0.1) is 5.82 Å². The van der Waals surface area contributed by atoms with Crippen molar-refractivity contribution in [2.24, 2.45) is 10.7 Å². The van der Waals surface area contributed by atoms with E-state index in [-0.39, 0.29) is 5.02 Å². The van der Waals surface area contributed by atoms with Crippen LogP contribution in [-0.4, -0.2) is 50.7 Å². The lowest BCUT2D eigenvalue weighted by Gasteiger charge is -2.32. The molecule has 2 aromatic rings. The van der Waals surface area contributed by atoms with E-state index in [0.29, 0.717) is 29.2 Å². The van der Waals surface area contributed by atoms with Gasteiger partial charge in [0.05, 0.1) is 42.6 Å². The lowest BCUT2D eigenvalue weighted by molar-refractivity contribution is 0.0358.